The largest absolute Gasteiger partial charge is 0.481 e. The molecule has 2 N–H and O–H groups in total. The van der Waals surface area contributed by atoms with E-state index in [4.69, 9.17) is 9.47 Å². The molecule has 1 aliphatic carbocycles. The number of hydrogen-bond acceptors (Lipinski definition) is 5. The van der Waals surface area contributed by atoms with Gasteiger partial charge in [0.1, 0.15) is 12.6 Å². The standard InChI is InChI=1S/C33H36N2O6/c1-21-16-17-35(18-28(21)32(37)38)31(36)30(22(2)40-19-23-10-4-3-5-11-23)34-33(39)41-20-29-26-14-8-6-12-24(26)25-13-7-9-15-27(25)29/h3-15,21-22,28-30H,16-20H2,1-2H3,(H,34,39)(H,37,38)/t21?,22-,28?,30+/m0/s1. The maximum absolute atomic E-state index is 13.7. The molecule has 8 nitrogen and oxygen atoms in total. The first-order valence-corrected chi connectivity index (χ1v) is 14.1. The quantitative estimate of drug-likeness (QED) is 0.381. The van der Waals surface area contributed by atoms with Crippen molar-refractivity contribution in [1.82, 2.24) is 10.2 Å². The van der Waals surface area contributed by atoms with E-state index in [0.29, 0.717) is 13.0 Å². The van der Waals surface area contributed by atoms with E-state index < -0.39 is 30.1 Å². The summed E-state index contributed by atoms with van der Waals surface area (Å²) in [5, 5.41) is 12.4. The molecule has 2 aliphatic rings. The predicted molar refractivity (Wildman–Crippen MR) is 154 cm³/mol. The molecule has 0 spiro atoms. The summed E-state index contributed by atoms with van der Waals surface area (Å²) >= 11 is 0. The maximum Gasteiger partial charge on any atom is 0.407 e. The van der Waals surface area contributed by atoms with Crippen molar-refractivity contribution in [2.75, 3.05) is 19.7 Å². The first kappa shape index (κ1) is 28.4. The van der Waals surface area contributed by atoms with E-state index in [1.165, 1.54) is 4.90 Å². The SMILES string of the molecule is CC1CCN(C(=O)[C@H](NC(=O)OCC2c3ccccc3-c3ccccc32)[C@H](C)OCc2ccccc2)CC1C(=O)O. The maximum atomic E-state index is 13.7. The number of carboxylic acids is 1. The summed E-state index contributed by atoms with van der Waals surface area (Å²) in [5.74, 6) is -2.13. The van der Waals surface area contributed by atoms with Gasteiger partial charge < -0.3 is 24.8 Å². The first-order valence-electron chi connectivity index (χ1n) is 14.1. The minimum absolute atomic E-state index is 0.0446. The van der Waals surface area contributed by atoms with Gasteiger partial charge in [-0.1, -0.05) is 85.8 Å². The third kappa shape index (κ3) is 6.28. The van der Waals surface area contributed by atoms with Crippen LogP contribution in [-0.2, 0) is 25.7 Å². The van der Waals surface area contributed by atoms with Crippen molar-refractivity contribution in [3.05, 3.63) is 95.6 Å². The van der Waals surface area contributed by atoms with Crippen LogP contribution in [0.5, 0.6) is 0 Å². The molecular formula is C33H36N2O6. The Morgan fingerprint density at radius 2 is 1.56 bits per heavy atom. The van der Waals surface area contributed by atoms with Gasteiger partial charge in [-0.25, -0.2) is 4.79 Å². The van der Waals surface area contributed by atoms with Gasteiger partial charge in [0.15, 0.2) is 0 Å². The third-order valence-electron chi connectivity index (χ3n) is 8.30. The van der Waals surface area contributed by atoms with E-state index in [0.717, 1.165) is 27.8 Å². The second-order valence-corrected chi connectivity index (χ2v) is 10.9. The molecule has 0 saturated carbocycles. The molecule has 3 aromatic carbocycles. The molecule has 3 aromatic rings. The van der Waals surface area contributed by atoms with E-state index in [9.17, 15) is 19.5 Å². The molecule has 5 rings (SSSR count). The summed E-state index contributed by atoms with van der Waals surface area (Å²) in [7, 11) is 0. The van der Waals surface area contributed by atoms with Crippen LogP contribution < -0.4 is 5.32 Å². The van der Waals surface area contributed by atoms with E-state index in [-0.39, 0.29) is 37.5 Å². The molecule has 214 valence electrons. The van der Waals surface area contributed by atoms with Crippen molar-refractivity contribution in [1.29, 1.82) is 0 Å². The molecule has 2 unspecified atom stereocenters. The Labute approximate surface area is 240 Å². The molecule has 41 heavy (non-hydrogen) atoms. The molecule has 8 heteroatoms. The number of carbonyl (C=O) groups excluding carboxylic acids is 2. The zero-order chi connectivity index (χ0) is 28.9. The predicted octanol–water partition coefficient (Wildman–Crippen LogP) is 5.07. The van der Waals surface area contributed by atoms with Gasteiger partial charge >= 0.3 is 12.1 Å². The second-order valence-electron chi connectivity index (χ2n) is 10.9. The van der Waals surface area contributed by atoms with Crippen LogP contribution in [0.15, 0.2) is 78.9 Å². The summed E-state index contributed by atoms with van der Waals surface area (Å²) < 4.78 is 11.8. The van der Waals surface area contributed by atoms with Gasteiger partial charge in [-0.2, -0.15) is 0 Å². The number of ether oxygens (including phenoxy) is 2. The fraction of sp³-hybridized carbons (Fsp3) is 0.364. The van der Waals surface area contributed by atoms with E-state index in [1.807, 2.05) is 73.7 Å². The molecule has 1 aliphatic heterocycles. The average molecular weight is 557 g/mol. The second kappa shape index (κ2) is 12.6. The van der Waals surface area contributed by atoms with Crippen LogP contribution in [0.1, 0.15) is 42.9 Å². The van der Waals surface area contributed by atoms with Crippen LogP contribution in [-0.4, -0.2) is 59.8 Å². The summed E-state index contributed by atoms with van der Waals surface area (Å²) in [5.41, 5.74) is 5.37. The van der Waals surface area contributed by atoms with E-state index >= 15 is 0 Å². The first-order chi connectivity index (χ1) is 19.8. The lowest BCUT2D eigenvalue weighted by Gasteiger charge is -2.37. The molecule has 0 radical (unpaired) electrons. The number of piperidine rings is 1. The van der Waals surface area contributed by atoms with Gasteiger partial charge in [0.2, 0.25) is 5.91 Å². The van der Waals surface area contributed by atoms with Crippen molar-refractivity contribution in [2.45, 2.75) is 44.9 Å². The average Bonchev–Trinajstić information content (AvgIpc) is 3.31. The molecule has 0 bridgehead atoms. The molecule has 1 saturated heterocycles. The van der Waals surface area contributed by atoms with Crippen LogP contribution in [0.25, 0.3) is 11.1 Å². The van der Waals surface area contributed by atoms with Gasteiger partial charge in [0, 0.05) is 19.0 Å². The Balaban J connectivity index is 1.29. The highest BCUT2D eigenvalue weighted by Gasteiger charge is 2.38. The van der Waals surface area contributed by atoms with Crippen molar-refractivity contribution < 1.29 is 29.0 Å². The number of fused-ring (bicyclic) bond motifs is 3. The molecule has 0 aromatic heterocycles. The number of likely N-dealkylation sites (tertiary alicyclic amines) is 1. The highest BCUT2D eigenvalue weighted by atomic mass is 16.5. The van der Waals surface area contributed by atoms with Gasteiger partial charge in [0.25, 0.3) is 0 Å². The normalized spacial score (nSPS) is 19.5. The third-order valence-corrected chi connectivity index (χ3v) is 8.30. The Kier molecular flexibility index (Phi) is 8.69. The number of benzene rings is 3. The van der Waals surface area contributed by atoms with Crippen LogP contribution >= 0.6 is 0 Å². The van der Waals surface area contributed by atoms with E-state index in [2.05, 4.69) is 17.4 Å². The minimum atomic E-state index is -1.04. The van der Waals surface area contributed by atoms with Crippen molar-refractivity contribution in [2.24, 2.45) is 11.8 Å². The van der Waals surface area contributed by atoms with Crippen LogP contribution in [0.4, 0.5) is 4.79 Å². The zero-order valence-corrected chi connectivity index (χ0v) is 23.4. The molecule has 1 heterocycles. The Morgan fingerprint density at radius 3 is 2.20 bits per heavy atom. The van der Waals surface area contributed by atoms with Crippen molar-refractivity contribution in [3.8, 4) is 11.1 Å². The Bertz CT molecular complexity index is 1350. The Hall–Kier alpha value is -4.17. The number of nitrogens with one attached hydrogen (secondary N) is 1. The van der Waals surface area contributed by atoms with Crippen molar-refractivity contribution >= 4 is 18.0 Å². The monoisotopic (exact) mass is 556 g/mol. The topological polar surface area (TPSA) is 105 Å². The number of carbonyl (C=O) groups is 3. The number of aliphatic carboxylic acids is 1. The molecule has 4 atom stereocenters. The number of carboxylic acid groups (broad SMARTS) is 1. The molecule has 2 amide bonds. The van der Waals surface area contributed by atoms with Gasteiger partial charge in [-0.3, -0.25) is 9.59 Å². The number of nitrogens with zero attached hydrogens (tertiary/aromatic N) is 1. The molecule has 1 fully saturated rings. The summed E-state index contributed by atoms with van der Waals surface area (Å²) in [4.78, 5) is 40.2. The minimum Gasteiger partial charge on any atom is -0.481 e. The number of amides is 2. The van der Waals surface area contributed by atoms with Gasteiger partial charge in [0.05, 0.1) is 18.6 Å². The summed E-state index contributed by atoms with van der Waals surface area (Å²) in [6, 6.07) is 24.7. The van der Waals surface area contributed by atoms with Crippen LogP contribution in [0, 0.1) is 11.8 Å². The summed E-state index contributed by atoms with van der Waals surface area (Å²) in [6.45, 7) is 4.49. The highest BCUT2D eigenvalue weighted by Crippen LogP contribution is 2.44. The summed E-state index contributed by atoms with van der Waals surface area (Å²) in [6.07, 6.45) is -0.842. The fourth-order valence-electron chi connectivity index (χ4n) is 5.83. The Morgan fingerprint density at radius 1 is 0.951 bits per heavy atom. The fourth-order valence-corrected chi connectivity index (χ4v) is 5.83. The van der Waals surface area contributed by atoms with Crippen molar-refractivity contribution in [3.63, 3.8) is 0 Å². The van der Waals surface area contributed by atoms with E-state index in [1.54, 1.807) is 6.92 Å². The number of alkyl carbamates (subject to hydrolysis) is 1. The lowest BCUT2D eigenvalue weighted by molar-refractivity contribution is -0.149. The number of rotatable bonds is 9. The lowest BCUT2D eigenvalue weighted by atomic mass is 9.87. The highest BCUT2D eigenvalue weighted by molar-refractivity contribution is 5.87. The van der Waals surface area contributed by atoms with Gasteiger partial charge in [-0.15, -0.1) is 0 Å². The van der Waals surface area contributed by atoms with Crippen LogP contribution in [0.2, 0.25) is 0 Å². The van der Waals surface area contributed by atoms with Gasteiger partial charge in [-0.05, 0) is 47.1 Å². The smallest absolute Gasteiger partial charge is 0.407 e. The zero-order valence-electron chi connectivity index (χ0n) is 23.4. The molecular weight excluding hydrogens is 520 g/mol. The lowest BCUT2D eigenvalue weighted by Crippen LogP contribution is -2.57. The number of hydrogen-bond donors (Lipinski definition) is 2. The van der Waals surface area contributed by atoms with Crippen LogP contribution in [0.3, 0.4) is 0 Å².